The van der Waals surface area contributed by atoms with Crippen LogP contribution in [0, 0.1) is 13.8 Å². The Kier molecular flexibility index (Phi) is 5.92. The Morgan fingerprint density at radius 3 is 2.84 bits per heavy atom. The number of thioether (sulfide) groups is 1. The van der Waals surface area contributed by atoms with E-state index in [-0.39, 0.29) is 11.9 Å². The van der Waals surface area contributed by atoms with Gasteiger partial charge in [-0.05, 0) is 39.8 Å². The third-order valence-electron chi connectivity index (χ3n) is 4.57. The lowest BCUT2D eigenvalue weighted by Crippen LogP contribution is -2.13. The van der Waals surface area contributed by atoms with Gasteiger partial charge in [0.05, 0.1) is 22.8 Å². The molecule has 0 fully saturated rings. The molecule has 0 atom stereocenters. The molecule has 0 saturated heterocycles. The summed E-state index contributed by atoms with van der Waals surface area (Å²) in [5.41, 5.74) is 2.63. The summed E-state index contributed by atoms with van der Waals surface area (Å²) in [6.45, 7) is 11.5. The summed E-state index contributed by atoms with van der Waals surface area (Å²) in [6.07, 6.45) is 3.48. The summed E-state index contributed by atoms with van der Waals surface area (Å²) >= 11 is 2.85. The molecular weight excluding hydrogens is 432 g/mol. The van der Waals surface area contributed by atoms with Crippen molar-refractivity contribution >= 4 is 45.2 Å². The number of carbonyl (C=O) groups is 1. The number of pyridine rings is 1. The normalized spacial score (nSPS) is 11.4. The first kappa shape index (κ1) is 21.3. The van der Waals surface area contributed by atoms with E-state index < -0.39 is 0 Å². The van der Waals surface area contributed by atoms with Crippen LogP contribution in [0.5, 0.6) is 0 Å². The van der Waals surface area contributed by atoms with Gasteiger partial charge in [-0.3, -0.25) is 10.1 Å². The molecule has 0 aromatic carbocycles. The fourth-order valence-corrected chi connectivity index (χ4v) is 4.73. The van der Waals surface area contributed by atoms with Crippen molar-refractivity contribution < 1.29 is 9.21 Å². The van der Waals surface area contributed by atoms with Crippen LogP contribution >= 0.6 is 23.1 Å². The van der Waals surface area contributed by atoms with E-state index in [0.717, 1.165) is 27.2 Å². The third kappa shape index (κ3) is 4.26. The molecule has 4 heterocycles. The maximum absolute atomic E-state index is 13.2. The van der Waals surface area contributed by atoms with Gasteiger partial charge < -0.3 is 4.42 Å². The summed E-state index contributed by atoms with van der Waals surface area (Å²) in [7, 11) is 0. The van der Waals surface area contributed by atoms with Crippen LogP contribution in [-0.4, -0.2) is 36.6 Å². The molecule has 0 spiro atoms. The minimum atomic E-state index is -0.286. The van der Waals surface area contributed by atoms with Crippen LogP contribution in [0.25, 0.3) is 22.3 Å². The van der Waals surface area contributed by atoms with E-state index in [1.807, 2.05) is 38.4 Å². The second kappa shape index (κ2) is 8.64. The van der Waals surface area contributed by atoms with E-state index in [2.05, 4.69) is 27.2 Å². The third-order valence-corrected chi connectivity index (χ3v) is 6.54. The number of aromatic nitrogens is 5. The van der Waals surface area contributed by atoms with Crippen LogP contribution in [0.15, 0.2) is 39.7 Å². The Morgan fingerprint density at radius 1 is 1.35 bits per heavy atom. The highest BCUT2D eigenvalue weighted by Gasteiger charge is 2.21. The Morgan fingerprint density at radius 2 is 2.16 bits per heavy atom. The lowest BCUT2D eigenvalue weighted by molar-refractivity contribution is 0.102. The number of amides is 1. The van der Waals surface area contributed by atoms with Crippen molar-refractivity contribution in [1.29, 1.82) is 0 Å². The highest BCUT2D eigenvalue weighted by Crippen LogP contribution is 2.31. The first-order chi connectivity index (χ1) is 14.9. The van der Waals surface area contributed by atoms with Gasteiger partial charge in [-0.15, -0.1) is 16.8 Å². The summed E-state index contributed by atoms with van der Waals surface area (Å²) in [4.78, 5) is 18.0. The first-order valence-electron chi connectivity index (χ1n) is 9.71. The molecular formula is C21H22N6O2S2. The maximum atomic E-state index is 13.2. The van der Waals surface area contributed by atoms with E-state index in [1.165, 1.54) is 23.1 Å². The predicted molar refractivity (Wildman–Crippen MR) is 124 cm³/mol. The smallest absolute Gasteiger partial charge is 0.258 e. The van der Waals surface area contributed by atoms with Gasteiger partial charge in [0.15, 0.2) is 9.99 Å². The minimum Gasteiger partial charge on any atom is -0.466 e. The van der Waals surface area contributed by atoms with Crippen molar-refractivity contribution in [1.82, 2.24) is 25.0 Å². The monoisotopic (exact) mass is 454 g/mol. The minimum absolute atomic E-state index is 0.0935. The molecule has 0 aliphatic carbocycles. The Labute approximate surface area is 187 Å². The molecule has 0 aliphatic rings. The van der Waals surface area contributed by atoms with Gasteiger partial charge in [-0.1, -0.05) is 29.2 Å². The van der Waals surface area contributed by atoms with Gasteiger partial charge in [0.2, 0.25) is 5.13 Å². The fourth-order valence-electron chi connectivity index (χ4n) is 3.22. The van der Waals surface area contributed by atoms with Crippen LogP contribution in [0.2, 0.25) is 0 Å². The molecule has 0 radical (unpaired) electrons. The number of anilines is 1. The molecule has 1 N–H and O–H groups in total. The molecule has 10 heteroatoms. The van der Waals surface area contributed by atoms with Crippen LogP contribution in [-0.2, 0) is 0 Å². The number of rotatable bonds is 7. The number of hydrogen-bond donors (Lipinski definition) is 1. The maximum Gasteiger partial charge on any atom is 0.258 e. The van der Waals surface area contributed by atoms with Gasteiger partial charge in [0.25, 0.3) is 5.91 Å². The zero-order valence-corrected chi connectivity index (χ0v) is 19.3. The lowest BCUT2D eigenvalue weighted by Gasteiger charge is -2.10. The predicted octanol–water partition coefficient (Wildman–Crippen LogP) is 5.27. The standard InChI is InChI=1S/C21H22N6O2S2/c1-6-7-30-21-26-25-20(31-21)24-19(28)15-9-17(14-8-12(4)29-13(14)5)23-18-16(15)10-22-27(18)11(2)3/h6,8-11H,1,7H2,2-5H3,(H,24,25,28). The van der Waals surface area contributed by atoms with E-state index in [0.29, 0.717) is 27.4 Å². The molecule has 4 aromatic rings. The van der Waals surface area contributed by atoms with Gasteiger partial charge >= 0.3 is 0 Å². The van der Waals surface area contributed by atoms with Gasteiger partial charge in [-0.2, -0.15) is 5.10 Å². The number of hydrogen-bond acceptors (Lipinski definition) is 8. The highest BCUT2D eigenvalue weighted by molar-refractivity contribution is 8.01. The lowest BCUT2D eigenvalue weighted by atomic mass is 10.1. The highest BCUT2D eigenvalue weighted by atomic mass is 32.2. The van der Waals surface area contributed by atoms with Crippen LogP contribution in [0.4, 0.5) is 5.13 Å². The molecule has 1 amide bonds. The number of nitrogens with zero attached hydrogens (tertiary/aromatic N) is 5. The molecule has 0 unspecified atom stereocenters. The Bertz CT molecular complexity index is 1270. The van der Waals surface area contributed by atoms with Crippen molar-refractivity contribution in [3.63, 3.8) is 0 Å². The summed E-state index contributed by atoms with van der Waals surface area (Å²) in [6, 6.07) is 3.79. The second-order valence-corrected chi connectivity index (χ2v) is 9.47. The van der Waals surface area contributed by atoms with Gasteiger partial charge in [0.1, 0.15) is 11.5 Å². The van der Waals surface area contributed by atoms with Crippen LogP contribution in [0.3, 0.4) is 0 Å². The number of furan rings is 1. The molecule has 160 valence electrons. The van der Waals surface area contributed by atoms with Crippen molar-refractivity contribution in [2.45, 2.75) is 38.1 Å². The van der Waals surface area contributed by atoms with E-state index in [4.69, 9.17) is 9.40 Å². The zero-order chi connectivity index (χ0) is 22.1. The Hall–Kier alpha value is -2.98. The number of fused-ring (bicyclic) bond motifs is 1. The van der Waals surface area contributed by atoms with Gasteiger partial charge in [0, 0.05) is 17.4 Å². The number of nitrogens with one attached hydrogen (secondary N) is 1. The SMILES string of the molecule is C=CCSc1nnc(NC(=O)c2cc(-c3cc(C)oc3C)nc3c2cnn3C(C)C)s1. The topological polar surface area (TPSA) is 98.7 Å². The van der Waals surface area contributed by atoms with E-state index >= 15 is 0 Å². The van der Waals surface area contributed by atoms with Crippen molar-refractivity contribution in [2.75, 3.05) is 11.1 Å². The number of aryl methyl sites for hydroxylation is 2. The quantitative estimate of drug-likeness (QED) is 0.231. The second-order valence-electron chi connectivity index (χ2n) is 7.23. The molecule has 4 aromatic heterocycles. The van der Waals surface area contributed by atoms with Crippen molar-refractivity contribution in [2.24, 2.45) is 0 Å². The van der Waals surface area contributed by atoms with E-state index in [1.54, 1.807) is 18.3 Å². The fraction of sp³-hybridized carbons (Fsp3) is 0.286. The average Bonchev–Trinajstić information content (AvgIpc) is 3.43. The summed E-state index contributed by atoms with van der Waals surface area (Å²) < 4.78 is 8.27. The first-order valence-corrected chi connectivity index (χ1v) is 11.5. The molecule has 8 nitrogen and oxygen atoms in total. The molecule has 0 bridgehead atoms. The van der Waals surface area contributed by atoms with Crippen LogP contribution in [0.1, 0.15) is 41.8 Å². The average molecular weight is 455 g/mol. The largest absolute Gasteiger partial charge is 0.466 e. The van der Waals surface area contributed by atoms with E-state index in [9.17, 15) is 4.79 Å². The molecule has 4 rings (SSSR count). The molecule has 0 saturated carbocycles. The van der Waals surface area contributed by atoms with Crippen LogP contribution < -0.4 is 5.32 Å². The van der Waals surface area contributed by atoms with Crippen molar-refractivity contribution in [3.05, 3.63) is 48.1 Å². The Balaban J connectivity index is 1.76. The van der Waals surface area contributed by atoms with Crippen molar-refractivity contribution in [3.8, 4) is 11.3 Å². The number of carbonyl (C=O) groups excluding carboxylic acids is 1. The summed E-state index contributed by atoms with van der Waals surface area (Å²) in [5, 5.41) is 16.6. The molecule has 0 aliphatic heterocycles. The molecule has 31 heavy (non-hydrogen) atoms. The van der Waals surface area contributed by atoms with Gasteiger partial charge in [-0.25, -0.2) is 9.67 Å². The zero-order valence-electron chi connectivity index (χ0n) is 17.7. The summed E-state index contributed by atoms with van der Waals surface area (Å²) in [5.74, 6) is 1.98.